The average Bonchev–Trinajstić information content (AvgIpc) is 2.73. The van der Waals surface area contributed by atoms with Crippen LogP contribution in [0.5, 0.6) is 0 Å². The fraction of sp³-hybridized carbons (Fsp3) is 0.619. The van der Waals surface area contributed by atoms with Crippen molar-refractivity contribution >= 4 is 34.8 Å². The van der Waals surface area contributed by atoms with Crippen molar-refractivity contribution in [1.82, 2.24) is 19.9 Å². The highest BCUT2D eigenvalue weighted by Gasteiger charge is 2.30. The maximum atomic E-state index is 6.62. The number of nitrogens with zero attached hydrogens (tertiary/aromatic N) is 6. The second-order valence-electron chi connectivity index (χ2n) is 8.05. The molecule has 29 heavy (non-hydrogen) atoms. The largest absolute Gasteiger partial charge is 0.355 e. The Morgan fingerprint density at radius 1 is 0.862 bits per heavy atom. The van der Waals surface area contributed by atoms with Crippen molar-refractivity contribution < 1.29 is 0 Å². The molecule has 6 nitrogen and oxygen atoms in total. The third kappa shape index (κ3) is 4.58. The maximum Gasteiger partial charge on any atom is 0.151 e. The van der Waals surface area contributed by atoms with E-state index in [2.05, 4.69) is 64.6 Å². The Morgan fingerprint density at radius 3 is 1.83 bits per heavy atom. The number of aromatic nitrogens is 4. The second-order valence-corrected chi connectivity index (χ2v) is 8.80. The second kappa shape index (κ2) is 9.43. The Hall–Kier alpha value is -1.66. The average molecular weight is 437 g/mol. The Bertz CT molecular complexity index is 836. The minimum Gasteiger partial charge on any atom is -0.355 e. The molecule has 0 atom stereocenters. The molecule has 0 unspecified atom stereocenters. The highest BCUT2D eigenvalue weighted by atomic mass is 35.5. The zero-order valence-electron chi connectivity index (χ0n) is 17.9. The molecule has 0 N–H and O–H groups in total. The van der Waals surface area contributed by atoms with Crippen LogP contribution in [-0.4, -0.2) is 46.1 Å². The number of halogens is 2. The summed E-state index contributed by atoms with van der Waals surface area (Å²) in [6.07, 6.45) is 8.28. The van der Waals surface area contributed by atoms with Gasteiger partial charge >= 0.3 is 0 Å². The Balaban J connectivity index is 1.69. The zero-order valence-corrected chi connectivity index (χ0v) is 19.4. The number of hydrogen-bond acceptors (Lipinski definition) is 6. The summed E-state index contributed by atoms with van der Waals surface area (Å²) < 4.78 is 0. The fourth-order valence-electron chi connectivity index (χ4n) is 4.09. The van der Waals surface area contributed by atoms with Crippen molar-refractivity contribution in [3.05, 3.63) is 34.1 Å². The standard InChI is InChI=1S/C21H30Cl2N6/c1-6-16-17(22)20(26-11-24-16)28(4)14-7-9-15(10-8-14)29(5)21-18(23)19(13(2)3)25-12-27-21/h11-15H,6-10H2,1-5H3. The molecule has 0 aromatic carbocycles. The van der Waals surface area contributed by atoms with E-state index in [1.807, 2.05) is 0 Å². The summed E-state index contributed by atoms with van der Waals surface area (Å²) in [5.41, 5.74) is 1.80. The van der Waals surface area contributed by atoms with Crippen LogP contribution in [0.2, 0.25) is 10.0 Å². The van der Waals surface area contributed by atoms with E-state index in [4.69, 9.17) is 23.2 Å². The third-order valence-corrected chi connectivity index (χ3v) is 6.70. The zero-order chi connectivity index (χ0) is 21.1. The normalized spacial score (nSPS) is 19.4. The van der Waals surface area contributed by atoms with Gasteiger partial charge in [0.05, 0.1) is 11.4 Å². The van der Waals surface area contributed by atoms with E-state index < -0.39 is 0 Å². The summed E-state index contributed by atoms with van der Waals surface area (Å²) in [5.74, 6) is 1.93. The fourth-order valence-corrected chi connectivity index (χ4v) is 4.90. The molecule has 1 saturated carbocycles. The van der Waals surface area contributed by atoms with Gasteiger partial charge in [-0.2, -0.15) is 0 Å². The minimum atomic E-state index is 0.271. The van der Waals surface area contributed by atoms with Crippen molar-refractivity contribution in [2.24, 2.45) is 0 Å². The van der Waals surface area contributed by atoms with Gasteiger partial charge in [0.25, 0.3) is 0 Å². The van der Waals surface area contributed by atoms with Gasteiger partial charge in [-0.1, -0.05) is 44.0 Å². The van der Waals surface area contributed by atoms with E-state index in [-0.39, 0.29) is 5.92 Å². The molecular formula is C21H30Cl2N6. The third-order valence-electron chi connectivity index (χ3n) is 5.95. The summed E-state index contributed by atoms with van der Waals surface area (Å²) in [6.45, 7) is 6.25. The summed E-state index contributed by atoms with van der Waals surface area (Å²) in [6, 6.07) is 0.808. The Morgan fingerprint density at radius 2 is 1.34 bits per heavy atom. The summed E-state index contributed by atoms with van der Waals surface area (Å²) in [4.78, 5) is 22.0. The summed E-state index contributed by atoms with van der Waals surface area (Å²) in [5, 5.41) is 1.34. The molecule has 0 spiro atoms. The molecule has 0 bridgehead atoms. The van der Waals surface area contributed by atoms with E-state index >= 15 is 0 Å². The van der Waals surface area contributed by atoms with Crippen LogP contribution in [0.15, 0.2) is 12.7 Å². The van der Waals surface area contributed by atoms with Gasteiger partial charge in [-0.25, -0.2) is 19.9 Å². The quantitative estimate of drug-likeness (QED) is 0.624. The SMILES string of the molecule is CCc1ncnc(N(C)C2CCC(N(C)c3ncnc(C(C)C)c3Cl)CC2)c1Cl. The van der Waals surface area contributed by atoms with E-state index in [1.165, 1.54) is 0 Å². The first-order chi connectivity index (χ1) is 13.8. The molecule has 8 heteroatoms. The molecule has 1 aliphatic carbocycles. The highest BCUT2D eigenvalue weighted by molar-refractivity contribution is 6.34. The van der Waals surface area contributed by atoms with Crippen LogP contribution in [0, 0.1) is 0 Å². The van der Waals surface area contributed by atoms with E-state index in [0.717, 1.165) is 55.1 Å². The number of anilines is 2. The van der Waals surface area contributed by atoms with Crippen LogP contribution in [0.4, 0.5) is 11.6 Å². The van der Waals surface area contributed by atoms with Crippen LogP contribution in [0.1, 0.15) is 63.8 Å². The first kappa shape index (κ1) is 22.0. The van der Waals surface area contributed by atoms with Gasteiger partial charge in [0.2, 0.25) is 0 Å². The first-order valence-electron chi connectivity index (χ1n) is 10.3. The van der Waals surface area contributed by atoms with E-state index in [0.29, 0.717) is 22.1 Å². The van der Waals surface area contributed by atoms with Gasteiger partial charge in [0, 0.05) is 26.2 Å². The minimum absolute atomic E-state index is 0.271. The lowest BCUT2D eigenvalue weighted by molar-refractivity contribution is 0.373. The monoisotopic (exact) mass is 436 g/mol. The van der Waals surface area contributed by atoms with Crippen LogP contribution in [-0.2, 0) is 6.42 Å². The Kier molecular flexibility index (Phi) is 7.17. The lowest BCUT2D eigenvalue weighted by atomic mass is 9.89. The molecule has 0 amide bonds. The van der Waals surface area contributed by atoms with Gasteiger partial charge in [-0.15, -0.1) is 0 Å². The topological polar surface area (TPSA) is 58.0 Å². The van der Waals surface area contributed by atoms with Crippen molar-refractivity contribution in [1.29, 1.82) is 0 Å². The van der Waals surface area contributed by atoms with Crippen molar-refractivity contribution in [2.75, 3.05) is 23.9 Å². The molecule has 1 fully saturated rings. The Labute approximate surface area is 183 Å². The molecular weight excluding hydrogens is 407 g/mol. The summed E-state index contributed by atoms with van der Waals surface area (Å²) in [7, 11) is 4.17. The van der Waals surface area contributed by atoms with Crippen molar-refractivity contribution in [2.45, 2.75) is 70.9 Å². The van der Waals surface area contributed by atoms with Gasteiger partial charge < -0.3 is 9.80 Å². The molecule has 2 aromatic rings. The molecule has 2 aromatic heterocycles. The first-order valence-corrected chi connectivity index (χ1v) is 11.1. The van der Waals surface area contributed by atoms with Gasteiger partial charge in [-0.05, 0) is 38.0 Å². The maximum absolute atomic E-state index is 6.62. The van der Waals surface area contributed by atoms with Crippen molar-refractivity contribution in [3.8, 4) is 0 Å². The predicted molar refractivity (Wildman–Crippen MR) is 120 cm³/mol. The number of rotatable bonds is 6. The van der Waals surface area contributed by atoms with Gasteiger partial charge in [-0.3, -0.25) is 0 Å². The number of hydrogen-bond donors (Lipinski definition) is 0. The van der Waals surface area contributed by atoms with Crippen LogP contribution < -0.4 is 9.80 Å². The van der Waals surface area contributed by atoms with Crippen LogP contribution >= 0.6 is 23.2 Å². The molecule has 0 radical (unpaired) electrons. The molecule has 158 valence electrons. The molecule has 0 aliphatic heterocycles. The predicted octanol–water partition coefficient (Wildman–Crippen LogP) is 5.14. The van der Waals surface area contributed by atoms with E-state index in [9.17, 15) is 0 Å². The van der Waals surface area contributed by atoms with Crippen LogP contribution in [0.3, 0.4) is 0 Å². The molecule has 1 aliphatic rings. The van der Waals surface area contributed by atoms with E-state index in [1.54, 1.807) is 12.7 Å². The smallest absolute Gasteiger partial charge is 0.151 e. The molecule has 2 heterocycles. The lowest BCUT2D eigenvalue weighted by Gasteiger charge is -2.39. The molecule has 0 saturated heterocycles. The number of aryl methyl sites for hydroxylation is 1. The molecule has 3 rings (SSSR count). The van der Waals surface area contributed by atoms with Gasteiger partial charge in [0.1, 0.15) is 22.7 Å². The highest BCUT2D eigenvalue weighted by Crippen LogP contribution is 2.35. The summed E-state index contributed by atoms with van der Waals surface area (Å²) >= 11 is 13.2. The van der Waals surface area contributed by atoms with Crippen molar-refractivity contribution in [3.63, 3.8) is 0 Å². The van der Waals surface area contributed by atoms with Crippen LogP contribution in [0.25, 0.3) is 0 Å². The lowest BCUT2D eigenvalue weighted by Crippen LogP contribution is -2.42. The van der Waals surface area contributed by atoms with Gasteiger partial charge in [0.15, 0.2) is 11.6 Å².